The molecule has 11 nitrogen and oxygen atoms in total. The highest BCUT2D eigenvalue weighted by atomic mass is 32.2. The van der Waals surface area contributed by atoms with Gasteiger partial charge in [-0.1, -0.05) is 0 Å². The Kier molecular flexibility index (Phi) is 5.61. The Balaban J connectivity index is 1.88. The van der Waals surface area contributed by atoms with Crippen LogP contribution in [-0.2, 0) is 14.4 Å². The second-order valence-electron chi connectivity index (χ2n) is 6.10. The lowest BCUT2D eigenvalue weighted by atomic mass is 10.1. The average molecular weight is 406 g/mol. The first-order chi connectivity index (χ1) is 13.3. The van der Waals surface area contributed by atoms with Gasteiger partial charge in [-0.15, -0.1) is 11.8 Å². The first-order valence-corrected chi connectivity index (χ1v) is 9.29. The van der Waals surface area contributed by atoms with Crippen LogP contribution < -0.4 is 5.32 Å². The van der Waals surface area contributed by atoms with E-state index in [1.165, 1.54) is 19.6 Å². The molecule has 28 heavy (non-hydrogen) atoms. The minimum Gasteiger partial charge on any atom is -0.480 e. The first-order valence-electron chi connectivity index (χ1n) is 8.25. The van der Waals surface area contributed by atoms with Crippen LogP contribution in [-0.4, -0.2) is 69.9 Å². The Hall–Kier alpha value is -2.99. The lowest BCUT2D eigenvalue weighted by Gasteiger charge is -2.20. The summed E-state index contributed by atoms with van der Waals surface area (Å²) < 4.78 is 1.60. The van der Waals surface area contributed by atoms with E-state index in [1.807, 2.05) is 0 Å². The number of amides is 1. The van der Waals surface area contributed by atoms with Gasteiger partial charge < -0.3 is 25.3 Å². The van der Waals surface area contributed by atoms with Crippen LogP contribution in [0.15, 0.2) is 12.7 Å². The number of carboxylic acid groups (broad SMARTS) is 1. The van der Waals surface area contributed by atoms with Crippen molar-refractivity contribution in [3.63, 3.8) is 0 Å². The van der Waals surface area contributed by atoms with Crippen LogP contribution in [0.2, 0.25) is 0 Å². The molecule has 0 saturated heterocycles. The zero-order chi connectivity index (χ0) is 20.4. The number of thioether (sulfide) groups is 1. The highest BCUT2D eigenvalue weighted by Gasteiger charge is 2.29. The van der Waals surface area contributed by atoms with Gasteiger partial charge in [0.05, 0.1) is 23.6 Å². The zero-order valence-corrected chi connectivity index (χ0v) is 15.8. The topological polar surface area (TPSA) is 163 Å². The van der Waals surface area contributed by atoms with E-state index < -0.39 is 29.3 Å². The predicted octanol–water partition coefficient (Wildman–Crippen LogP) is -0.163. The Morgan fingerprint density at radius 2 is 2.18 bits per heavy atom. The predicted molar refractivity (Wildman–Crippen MR) is 99.9 cm³/mol. The van der Waals surface area contributed by atoms with Gasteiger partial charge in [-0.3, -0.25) is 9.20 Å². The summed E-state index contributed by atoms with van der Waals surface area (Å²) in [6, 6.07) is -1.18. The van der Waals surface area contributed by atoms with Gasteiger partial charge in [-0.2, -0.15) is 0 Å². The molecule has 148 valence electrons. The number of aliphatic carboxylic acids is 1. The number of aromatic nitrogens is 5. The summed E-state index contributed by atoms with van der Waals surface area (Å²) in [7, 11) is 0. The standard InChI is InChI=1S/C16H18N6O5S/c1-7-12(22-6-19-13-11(14(22)20-7)17-5-18-13)9(3-23)16(27)28-4-10(15(25)26)21-8(2)24/h3,5-6,9-10,16,27H,4H2,1-2H3,(H,17,18)(H,21,24)(H,25,26)/t9?,10-,16?/m0/s1. The molecule has 12 heteroatoms. The van der Waals surface area contributed by atoms with E-state index in [0.29, 0.717) is 34.5 Å². The van der Waals surface area contributed by atoms with Crippen molar-refractivity contribution in [3.05, 3.63) is 24.0 Å². The number of aldehydes is 1. The van der Waals surface area contributed by atoms with Crippen LogP contribution in [0.5, 0.6) is 0 Å². The monoisotopic (exact) mass is 406 g/mol. The van der Waals surface area contributed by atoms with Crippen molar-refractivity contribution >= 4 is 46.7 Å². The maximum Gasteiger partial charge on any atom is 0.327 e. The summed E-state index contributed by atoms with van der Waals surface area (Å²) in [4.78, 5) is 49.8. The number of H-pyrrole nitrogens is 1. The number of imidazole rings is 2. The zero-order valence-electron chi connectivity index (χ0n) is 15.0. The quantitative estimate of drug-likeness (QED) is 0.294. The number of aliphatic hydroxyl groups excluding tert-OH is 1. The second-order valence-corrected chi connectivity index (χ2v) is 7.25. The van der Waals surface area contributed by atoms with Crippen molar-refractivity contribution in [1.82, 2.24) is 29.7 Å². The van der Waals surface area contributed by atoms with E-state index in [1.54, 1.807) is 11.3 Å². The maximum absolute atomic E-state index is 11.8. The van der Waals surface area contributed by atoms with Gasteiger partial charge in [0.2, 0.25) is 5.91 Å². The van der Waals surface area contributed by atoms with E-state index in [-0.39, 0.29) is 5.75 Å². The molecule has 4 N–H and O–H groups in total. The molecule has 3 atom stereocenters. The van der Waals surface area contributed by atoms with Crippen molar-refractivity contribution in [2.75, 3.05) is 5.75 Å². The Morgan fingerprint density at radius 1 is 1.43 bits per heavy atom. The van der Waals surface area contributed by atoms with Gasteiger partial charge in [0.25, 0.3) is 0 Å². The first kappa shape index (κ1) is 19.8. The minimum absolute atomic E-state index is 0.112. The number of hydrogen-bond donors (Lipinski definition) is 4. The fourth-order valence-corrected chi connectivity index (χ4v) is 3.92. The lowest BCUT2D eigenvalue weighted by molar-refractivity contribution is -0.140. The molecule has 0 spiro atoms. The molecule has 2 unspecified atom stereocenters. The molecular formula is C16H18N6O5S. The third-order valence-electron chi connectivity index (χ3n) is 4.15. The Bertz CT molecular complexity index is 1050. The SMILES string of the molecule is CC(=O)N[C@@H](CSC(O)C(C=O)c1c(C)nc2c3[nH]cnc3ncn12)C(=O)O. The largest absolute Gasteiger partial charge is 0.480 e. The highest BCUT2D eigenvalue weighted by molar-refractivity contribution is 7.99. The van der Waals surface area contributed by atoms with Crippen LogP contribution in [0.3, 0.4) is 0 Å². The number of carbonyl (C=O) groups is 3. The summed E-state index contributed by atoms with van der Waals surface area (Å²) in [5.74, 6) is -2.82. The van der Waals surface area contributed by atoms with E-state index in [2.05, 4.69) is 25.3 Å². The van der Waals surface area contributed by atoms with Crippen molar-refractivity contribution in [3.8, 4) is 0 Å². The lowest BCUT2D eigenvalue weighted by Crippen LogP contribution is -2.42. The molecule has 0 aromatic carbocycles. The Morgan fingerprint density at radius 3 is 2.82 bits per heavy atom. The fraction of sp³-hybridized carbons (Fsp3) is 0.375. The molecule has 0 saturated carbocycles. The van der Waals surface area contributed by atoms with Gasteiger partial charge in [-0.05, 0) is 6.92 Å². The Labute approximate surface area is 162 Å². The average Bonchev–Trinajstić information content (AvgIpc) is 3.23. The number of carbonyl (C=O) groups excluding carboxylic acids is 2. The van der Waals surface area contributed by atoms with Crippen LogP contribution in [0.4, 0.5) is 0 Å². The number of aliphatic hydroxyl groups is 1. The van der Waals surface area contributed by atoms with Crippen molar-refractivity contribution in [2.45, 2.75) is 31.2 Å². The van der Waals surface area contributed by atoms with Gasteiger partial charge >= 0.3 is 5.97 Å². The number of aromatic amines is 1. The molecule has 0 fully saturated rings. The number of nitrogens with one attached hydrogen (secondary N) is 2. The molecule has 1 amide bonds. The number of hydrogen-bond acceptors (Lipinski definition) is 8. The van der Waals surface area contributed by atoms with E-state index in [0.717, 1.165) is 11.8 Å². The molecule has 3 aromatic rings. The number of rotatable bonds is 8. The van der Waals surface area contributed by atoms with Crippen molar-refractivity contribution in [1.29, 1.82) is 0 Å². The van der Waals surface area contributed by atoms with Crippen LogP contribution in [0, 0.1) is 6.92 Å². The molecule has 0 bridgehead atoms. The summed E-state index contributed by atoms with van der Waals surface area (Å²) in [5, 5.41) is 22.0. The summed E-state index contributed by atoms with van der Waals surface area (Å²) in [6.45, 7) is 2.91. The number of carboxylic acids is 1. The summed E-state index contributed by atoms with van der Waals surface area (Å²) in [5.41, 5.74) is 1.31. The van der Waals surface area contributed by atoms with Gasteiger partial charge in [-0.25, -0.2) is 19.7 Å². The second kappa shape index (κ2) is 7.94. The van der Waals surface area contributed by atoms with E-state index in [4.69, 9.17) is 5.11 Å². The number of fused-ring (bicyclic) bond motifs is 3. The molecule has 0 radical (unpaired) electrons. The van der Waals surface area contributed by atoms with Gasteiger partial charge in [0.1, 0.15) is 29.6 Å². The number of nitrogens with zero attached hydrogens (tertiary/aromatic N) is 4. The van der Waals surface area contributed by atoms with Gasteiger partial charge in [0.15, 0.2) is 11.3 Å². The maximum atomic E-state index is 11.8. The normalized spacial score (nSPS) is 14.7. The third-order valence-corrected chi connectivity index (χ3v) is 5.31. The minimum atomic E-state index is -1.25. The molecule has 3 rings (SSSR count). The third kappa shape index (κ3) is 3.68. The highest BCUT2D eigenvalue weighted by Crippen LogP contribution is 2.30. The summed E-state index contributed by atoms with van der Waals surface area (Å²) >= 11 is 0.855. The van der Waals surface area contributed by atoms with Gasteiger partial charge in [0, 0.05) is 12.7 Å². The molecule has 0 aliphatic heterocycles. The molecular weight excluding hydrogens is 388 g/mol. The fourth-order valence-electron chi connectivity index (χ4n) is 2.90. The van der Waals surface area contributed by atoms with Crippen LogP contribution >= 0.6 is 11.8 Å². The molecule has 0 aliphatic rings. The molecule has 3 aromatic heterocycles. The smallest absolute Gasteiger partial charge is 0.327 e. The van der Waals surface area contributed by atoms with Crippen LogP contribution in [0.25, 0.3) is 16.8 Å². The molecule has 3 heterocycles. The van der Waals surface area contributed by atoms with Crippen LogP contribution in [0.1, 0.15) is 24.2 Å². The van der Waals surface area contributed by atoms with E-state index >= 15 is 0 Å². The van der Waals surface area contributed by atoms with Crippen molar-refractivity contribution in [2.24, 2.45) is 0 Å². The number of aryl methyl sites for hydroxylation is 1. The summed E-state index contributed by atoms with van der Waals surface area (Å²) in [6.07, 6.45) is 3.54. The van der Waals surface area contributed by atoms with Crippen molar-refractivity contribution < 1.29 is 24.6 Å². The van der Waals surface area contributed by atoms with E-state index in [9.17, 15) is 19.5 Å². The molecule has 0 aliphatic carbocycles.